The summed E-state index contributed by atoms with van der Waals surface area (Å²) in [5, 5.41) is 9.82. The smallest absolute Gasteiger partial charge is 0.276 e. The molecular weight excluding hydrogens is 359 g/mol. The number of amides is 2. The lowest BCUT2D eigenvalue weighted by Crippen LogP contribution is -2.30. The third kappa shape index (κ3) is 4.43. The van der Waals surface area contributed by atoms with E-state index in [4.69, 9.17) is 0 Å². The Morgan fingerprint density at radius 2 is 1.86 bits per heavy atom. The lowest BCUT2D eigenvalue weighted by molar-refractivity contribution is 0.0942. The van der Waals surface area contributed by atoms with Gasteiger partial charge < -0.3 is 10.6 Å². The molecule has 6 nitrogen and oxygen atoms in total. The van der Waals surface area contributed by atoms with Crippen molar-refractivity contribution in [2.75, 3.05) is 5.32 Å². The molecule has 1 heterocycles. The second kappa shape index (κ2) is 8.04. The molecule has 0 unspecified atom stereocenters. The minimum atomic E-state index is -0.391. The molecule has 1 aromatic heterocycles. The number of hydrogen-bond donors (Lipinski definition) is 2. The van der Waals surface area contributed by atoms with Gasteiger partial charge in [-0.05, 0) is 68.8 Å². The van der Waals surface area contributed by atoms with Gasteiger partial charge in [-0.25, -0.2) is 9.07 Å². The highest BCUT2D eigenvalue weighted by atomic mass is 19.1. The summed E-state index contributed by atoms with van der Waals surface area (Å²) in [6.45, 7) is 5.59. The van der Waals surface area contributed by atoms with Gasteiger partial charge >= 0.3 is 0 Å². The maximum absolute atomic E-state index is 13.4. The van der Waals surface area contributed by atoms with Crippen molar-refractivity contribution in [1.82, 2.24) is 15.1 Å². The molecule has 0 saturated heterocycles. The first-order valence-corrected chi connectivity index (χ1v) is 8.88. The standard InChI is InChI=1S/C21H21FN4O2/c1-13(2)23-20(27)15-7-8-18(14(3)11-15)24-21(28)19-9-10-26(25-19)17-6-4-5-16(22)12-17/h4-13H,1-3H3,(H,23,27)(H,24,28). The zero-order valence-electron chi connectivity index (χ0n) is 15.9. The van der Waals surface area contributed by atoms with Crippen molar-refractivity contribution in [3.05, 3.63) is 77.4 Å². The molecule has 0 saturated carbocycles. The first kappa shape index (κ1) is 19.3. The van der Waals surface area contributed by atoms with Crippen LogP contribution in [0.3, 0.4) is 0 Å². The zero-order valence-corrected chi connectivity index (χ0v) is 15.9. The second-order valence-corrected chi connectivity index (χ2v) is 6.74. The van der Waals surface area contributed by atoms with Crippen LogP contribution in [0.4, 0.5) is 10.1 Å². The van der Waals surface area contributed by atoms with Gasteiger partial charge in [-0.1, -0.05) is 6.07 Å². The highest BCUT2D eigenvalue weighted by Crippen LogP contribution is 2.18. The third-order valence-electron chi connectivity index (χ3n) is 4.05. The van der Waals surface area contributed by atoms with Crippen LogP contribution in [0.1, 0.15) is 40.3 Å². The number of carbonyl (C=O) groups excluding carboxylic acids is 2. The van der Waals surface area contributed by atoms with Crippen LogP contribution in [0.25, 0.3) is 5.69 Å². The SMILES string of the molecule is Cc1cc(C(=O)NC(C)C)ccc1NC(=O)c1ccn(-c2cccc(F)c2)n1. The van der Waals surface area contributed by atoms with Crippen LogP contribution < -0.4 is 10.6 Å². The average molecular weight is 380 g/mol. The van der Waals surface area contributed by atoms with E-state index in [0.29, 0.717) is 16.9 Å². The Balaban J connectivity index is 1.74. The van der Waals surface area contributed by atoms with Crippen LogP contribution in [-0.2, 0) is 0 Å². The van der Waals surface area contributed by atoms with Gasteiger partial charge in [0, 0.05) is 23.5 Å². The molecule has 3 rings (SSSR count). The minimum Gasteiger partial charge on any atom is -0.350 e. The summed E-state index contributed by atoms with van der Waals surface area (Å²) in [5.74, 6) is -0.932. The molecule has 0 aliphatic heterocycles. The third-order valence-corrected chi connectivity index (χ3v) is 4.05. The van der Waals surface area contributed by atoms with E-state index in [2.05, 4.69) is 15.7 Å². The molecule has 3 aromatic rings. The van der Waals surface area contributed by atoms with Gasteiger partial charge in [0.15, 0.2) is 5.69 Å². The monoisotopic (exact) mass is 380 g/mol. The number of nitrogens with one attached hydrogen (secondary N) is 2. The molecular formula is C21H21FN4O2. The number of aromatic nitrogens is 2. The van der Waals surface area contributed by atoms with Gasteiger partial charge in [-0.3, -0.25) is 9.59 Å². The first-order chi connectivity index (χ1) is 13.3. The molecule has 28 heavy (non-hydrogen) atoms. The maximum Gasteiger partial charge on any atom is 0.276 e. The number of rotatable bonds is 5. The number of aryl methyl sites for hydroxylation is 1. The summed E-state index contributed by atoms with van der Waals surface area (Å²) < 4.78 is 14.8. The number of halogens is 1. The molecule has 0 bridgehead atoms. The first-order valence-electron chi connectivity index (χ1n) is 8.88. The summed E-state index contributed by atoms with van der Waals surface area (Å²) in [5.41, 5.74) is 2.60. The van der Waals surface area contributed by atoms with Crippen molar-refractivity contribution >= 4 is 17.5 Å². The summed E-state index contributed by atoms with van der Waals surface area (Å²) in [6, 6.07) is 12.6. The van der Waals surface area contributed by atoms with Crippen LogP contribution >= 0.6 is 0 Å². The second-order valence-electron chi connectivity index (χ2n) is 6.74. The lowest BCUT2D eigenvalue weighted by atomic mass is 10.1. The van der Waals surface area contributed by atoms with Gasteiger partial charge in [-0.15, -0.1) is 0 Å². The number of nitrogens with zero attached hydrogens (tertiary/aromatic N) is 2. The number of anilines is 1. The van der Waals surface area contributed by atoms with E-state index in [1.165, 1.54) is 16.8 Å². The summed E-state index contributed by atoms with van der Waals surface area (Å²) in [4.78, 5) is 24.6. The molecule has 0 atom stereocenters. The number of hydrogen-bond acceptors (Lipinski definition) is 3. The number of benzene rings is 2. The summed E-state index contributed by atoms with van der Waals surface area (Å²) >= 11 is 0. The highest BCUT2D eigenvalue weighted by molar-refractivity contribution is 6.03. The minimum absolute atomic E-state index is 0.0420. The molecule has 144 valence electrons. The van der Waals surface area contributed by atoms with Gasteiger partial charge in [-0.2, -0.15) is 5.10 Å². The van der Waals surface area contributed by atoms with E-state index >= 15 is 0 Å². The van der Waals surface area contributed by atoms with Gasteiger partial charge in [0.25, 0.3) is 11.8 Å². The average Bonchev–Trinajstić information content (AvgIpc) is 3.13. The van der Waals surface area contributed by atoms with Crippen molar-refractivity contribution < 1.29 is 14.0 Å². The predicted octanol–water partition coefficient (Wildman–Crippen LogP) is 3.71. The van der Waals surface area contributed by atoms with Gasteiger partial charge in [0.1, 0.15) is 5.82 Å². The fourth-order valence-electron chi connectivity index (χ4n) is 2.68. The number of carbonyl (C=O) groups is 2. The van der Waals surface area contributed by atoms with Crippen LogP contribution in [0.2, 0.25) is 0 Å². The Kier molecular flexibility index (Phi) is 5.54. The fourth-order valence-corrected chi connectivity index (χ4v) is 2.68. The van der Waals surface area contributed by atoms with E-state index in [9.17, 15) is 14.0 Å². The van der Waals surface area contributed by atoms with Crippen LogP contribution in [0.15, 0.2) is 54.7 Å². The van der Waals surface area contributed by atoms with Crippen LogP contribution in [-0.4, -0.2) is 27.6 Å². The summed E-state index contributed by atoms with van der Waals surface area (Å²) in [6.07, 6.45) is 1.59. The van der Waals surface area contributed by atoms with Gasteiger partial charge in [0.2, 0.25) is 0 Å². The van der Waals surface area contributed by atoms with Crippen molar-refractivity contribution in [1.29, 1.82) is 0 Å². The Morgan fingerprint density at radius 3 is 2.54 bits per heavy atom. The maximum atomic E-state index is 13.4. The van der Waals surface area contributed by atoms with Crippen molar-refractivity contribution in [2.45, 2.75) is 26.8 Å². The van der Waals surface area contributed by atoms with E-state index in [-0.39, 0.29) is 23.5 Å². The quantitative estimate of drug-likeness (QED) is 0.708. The molecule has 2 amide bonds. The molecule has 0 radical (unpaired) electrons. The van der Waals surface area contributed by atoms with Crippen molar-refractivity contribution in [3.8, 4) is 5.69 Å². The molecule has 2 aromatic carbocycles. The van der Waals surface area contributed by atoms with Crippen LogP contribution in [0.5, 0.6) is 0 Å². The largest absolute Gasteiger partial charge is 0.350 e. The Labute approximate surface area is 162 Å². The molecule has 0 spiro atoms. The zero-order chi connectivity index (χ0) is 20.3. The van der Waals surface area contributed by atoms with E-state index in [1.807, 2.05) is 20.8 Å². The Morgan fingerprint density at radius 1 is 1.07 bits per heavy atom. The highest BCUT2D eigenvalue weighted by Gasteiger charge is 2.14. The normalized spacial score (nSPS) is 10.8. The lowest BCUT2D eigenvalue weighted by Gasteiger charge is -2.11. The topological polar surface area (TPSA) is 76.0 Å². The van der Waals surface area contributed by atoms with E-state index < -0.39 is 5.91 Å². The van der Waals surface area contributed by atoms with Gasteiger partial charge in [0.05, 0.1) is 5.69 Å². The Bertz CT molecular complexity index is 1030. The fraction of sp³-hybridized carbons (Fsp3) is 0.190. The molecule has 2 N–H and O–H groups in total. The van der Waals surface area contributed by atoms with Crippen molar-refractivity contribution in [2.24, 2.45) is 0 Å². The molecule has 0 aliphatic rings. The van der Waals surface area contributed by atoms with E-state index in [0.717, 1.165) is 5.56 Å². The van der Waals surface area contributed by atoms with Crippen molar-refractivity contribution in [3.63, 3.8) is 0 Å². The molecule has 7 heteroatoms. The predicted molar refractivity (Wildman–Crippen MR) is 105 cm³/mol. The van der Waals surface area contributed by atoms with Crippen LogP contribution in [0, 0.1) is 12.7 Å². The molecule has 0 aliphatic carbocycles. The molecule has 0 fully saturated rings. The van der Waals surface area contributed by atoms with E-state index in [1.54, 1.807) is 42.6 Å². The summed E-state index contributed by atoms with van der Waals surface area (Å²) in [7, 11) is 0. The Hall–Kier alpha value is -3.48.